The van der Waals surface area contributed by atoms with Crippen LogP contribution in [0.15, 0.2) is 36.9 Å². The van der Waals surface area contributed by atoms with Crippen LogP contribution in [0.1, 0.15) is 12.6 Å². The van der Waals surface area contributed by atoms with E-state index in [1.807, 2.05) is 32.2 Å². The van der Waals surface area contributed by atoms with Gasteiger partial charge in [-0.15, -0.1) is 0 Å². The van der Waals surface area contributed by atoms with E-state index in [0.717, 1.165) is 5.69 Å². The van der Waals surface area contributed by atoms with Gasteiger partial charge in [-0.3, -0.25) is 9.78 Å². The van der Waals surface area contributed by atoms with E-state index in [0.29, 0.717) is 5.82 Å². The molecule has 0 saturated carbocycles. The Labute approximate surface area is 101 Å². The number of nitrogens with zero attached hydrogens (tertiary/aromatic N) is 3. The molecule has 0 aromatic carbocycles. The first-order valence-corrected chi connectivity index (χ1v) is 5.21. The number of aryl methyl sites for hydroxylation is 2. The van der Waals surface area contributed by atoms with Gasteiger partial charge in [0.1, 0.15) is 0 Å². The van der Waals surface area contributed by atoms with Crippen LogP contribution in [0.4, 0.5) is 5.82 Å². The fourth-order valence-electron chi connectivity index (χ4n) is 1.11. The highest BCUT2D eigenvalue weighted by atomic mass is 16.1. The molecule has 17 heavy (non-hydrogen) atoms. The molecule has 0 fully saturated rings. The minimum absolute atomic E-state index is 0.0984. The molecule has 0 unspecified atom stereocenters. The van der Waals surface area contributed by atoms with Crippen molar-refractivity contribution in [2.75, 3.05) is 5.32 Å². The summed E-state index contributed by atoms with van der Waals surface area (Å²) in [7, 11) is 1.85. The average Bonchev–Trinajstić information content (AvgIpc) is 2.65. The Kier molecular flexibility index (Phi) is 4.87. The van der Waals surface area contributed by atoms with Crippen molar-refractivity contribution in [1.82, 2.24) is 14.5 Å². The van der Waals surface area contributed by atoms with Crippen molar-refractivity contribution in [3.05, 3.63) is 42.6 Å². The van der Waals surface area contributed by atoms with Crippen LogP contribution in [0, 0.1) is 6.92 Å². The Balaban J connectivity index is 0.000000181. The van der Waals surface area contributed by atoms with Crippen LogP contribution in [0.25, 0.3) is 0 Å². The number of aromatic nitrogens is 3. The van der Waals surface area contributed by atoms with Crippen LogP contribution in [0.3, 0.4) is 0 Å². The van der Waals surface area contributed by atoms with Gasteiger partial charge in [0.2, 0.25) is 5.91 Å². The van der Waals surface area contributed by atoms with E-state index in [4.69, 9.17) is 0 Å². The van der Waals surface area contributed by atoms with Crippen molar-refractivity contribution in [3.63, 3.8) is 0 Å². The van der Waals surface area contributed by atoms with Gasteiger partial charge in [-0.1, -0.05) is 6.07 Å². The van der Waals surface area contributed by atoms with Crippen molar-refractivity contribution < 1.29 is 4.79 Å². The maximum absolute atomic E-state index is 10.5. The van der Waals surface area contributed by atoms with Gasteiger partial charge in [-0.25, -0.2) is 4.98 Å². The van der Waals surface area contributed by atoms with Crippen molar-refractivity contribution >= 4 is 11.7 Å². The molecule has 1 N–H and O–H groups in total. The van der Waals surface area contributed by atoms with Crippen LogP contribution in [0.2, 0.25) is 0 Å². The third-order valence-corrected chi connectivity index (χ3v) is 1.82. The largest absolute Gasteiger partial charge is 0.338 e. The molecule has 2 aromatic rings. The number of hydrogen-bond donors (Lipinski definition) is 1. The first-order chi connectivity index (χ1) is 8.08. The van der Waals surface area contributed by atoms with Crippen molar-refractivity contribution in [2.24, 2.45) is 7.05 Å². The highest BCUT2D eigenvalue weighted by Gasteiger charge is 1.95. The Morgan fingerprint density at radius 1 is 1.35 bits per heavy atom. The summed E-state index contributed by atoms with van der Waals surface area (Å²) in [6.45, 7) is 3.43. The minimum atomic E-state index is -0.0984. The lowest BCUT2D eigenvalue weighted by Crippen LogP contribution is -2.05. The number of carbonyl (C=O) groups is 1. The Morgan fingerprint density at radius 3 is 2.47 bits per heavy atom. The Morgan fingerprint density at radius 2 is 2.12 bits per heavy atom. The SMILES string of the molecule is CC(=O)Nc1cn(C)cn1.Cc1ccccn1. The number of imidazole rings is 1. The number of amides is 1. The highest BCUT2D eigenvalue weighted by Crippen LogP contribution is 1.99. The molecule has 0 radical (unpaired) electrons. The van der Waals surface area contributed by atoms with E-state index < -0.39 is 0 Å². The Hall–Kier alpha value is -2.17. The van der Waals surface area contributed by atoms with Gasteiger partial charge in [0.05, 0.1) is 6.33 Å². The summed E-state index contributed by atoms with van der Waals surface area (Å²) >= 11 is 0. The summed E-state index contributed by atoms with van der Waals surface area (Å²) in [6, 6.07) is 5.86. The normalized spacial score (nSPS) is 9.12. The molecule has 2 heterocycles. The maximum atomic E-state index is 10.5. The third kappa shape index (κ3) is 5.46. The molecule has 90 valence electrons. The zero-order valence-corrected chi connectivity index (χ0v) is 10.2. The molecule has 2 aromatic heterocycles. The predicted molar refractivity (Wildman–Crippen MR) is 66.5 cm³/mol. The van der Waals surface area contributed by atoms with Crippen LogP contribution >= 0.6 is 0 Å². The molecular formula is C12H16N4O. The molecule has 5 nitrogen and oxygen atoms in total. The van der Waals surface area contributed by atoms with Gasteiger partial charge >= 0.3 is 0 Å². The first kappa shape index (κ1) is 12.9. The summed E-state index contributed by atoms with van der Waals surface area (Å²) in [5.41, 5.74) is 1.07. The van der Waals surface area contributed by atoms with Gasteiger partial charge in [-0.05, 0) is 19.1 Å². The van der Waals surface area contributed by atoms with Gasteiger partial charge in [-0.2, -0.15) is 0 Å². The molecule has 0 spiro atoms. The molecular weight excluding hydrogens is 216 g/mol. The van der Waals surface area contributed by atoms with Crippen molar-refractivity contribution in [1.29, 1.82) is 0 Å². The van der Waals surface area contributed by atoms with Gasteiger partial charge in [0.25, 0.3) is 0 Å². The van der Waals surface area contributed by atoms with Gasteiger partial charge < -0.3 is 9.88 Å². The molecule has 1 amide bonds. The second-order valence-electron chi connectivity index (χ2n) is 3.58. The quantitative estimate of drug-likeness (QED) is 0.815. The van der Waals surface area contributed by atoms with Gasteiger partial charge in [0, 0.05) is 32.1 Å². The molecule has 0 aliphatic carbocycles. The molecule has 0 aliphatic rings. The van der Waals surface area contributed by atoms with E-state index in [-0.39, 0.29) is 5.91 Å². The lowest BCUT2D eigenvalue weighted by Gasteiger charge is -1.92. The summed E-state index contributed by atoms with van der Waals surface area (Å²) in [5, 5.41) is 2.55. The van der Waals surface area contributed by atoms with Gasteiger partial charge in [0.15, 0.2) is 5.82 Å². The number of pyridine rings is 1. The third-order valence-electron chi connectivity index (χ3n) is 1.82. The number of anilines is 1. The van der Waals surface area contributed by atoms with Crippen LogP contribution in [0.5, 0.6) is 0 Å². The second kappa shape index (κ2) is 6.42. The number of rotatable bonds is 1. The minimum Gasteiger partial charge on any atom is -0.338 e. The Bertz CT molecular complexity index is 464. The molecule has 0 bridgehead atoms. The van der Waals surface area contributed by atoms with Crippen molar-refractivity contribution in [2.45, 2.75) is 13.8 Å². The molecule has 0 saturated heterocycles. The monoisotopic (exact) mass is 232 g/mol. The summed E-state index contributed by atoms with van der Waals surface area (Å²) < 4.78 is 1.77. The van der Waals surface area contributed by atoms with Crippen molar-refractivity contribution in [3.8, 4) is 0 Å². The second-order valence-corrected chi connectivity index (χ2v) is 3.58. The van der Waals surface area contributed by atoms with E-state index in [9.17, 15) is 4.79 Å². The van der Waals surface area contributed by atoms with E-state index in [2.05, 4.69) is 15.3 Å². The zero-order chi connectivity index (χ0) is 12.7. The number of nitrogens with one attached hydrogen (secondary N) is 1. The molecule has 0 atom stereocenters. The summed E-state index contributed by atoms with van der Waals surface area (Å²) in [6.07, 6.45) is 5.15. The van der Waals surface area contributed by atoms with E-state index in [1.54, 1.807) is 23.3 Å². The van der Waals surface area contributed by atoms with Crippen LogP contribution in [-0.2, 0) is 11.8 Å². The fraction of sp³-hybridized carbons (Fsp3) is 0.250. The van der Waals surface area contributed by atoms with E-state index in [1.165, 1.54) is 6.92 Å². The fourth-order valence-corrected chi connectivity index (χ4v) is 1.11. The smallest absolute Gasteiger partial charge is 0.222 e. The molecule has 0 aliphatic heterocycles. The predicted octanol–water partition coefficient (Wildman–Crippen LogP) is 1.77. The van der Waals surface area contributed by atoms with Crippen LogP contribution in [-0.4, -0.2) is 20.4 Å². The molecule has 2 rings (SSSR count). The standard InChI is InChI=1S/C6H9N3O.C6H7N/c1-5(10)8-6-3-9(2)4-7-6;1-6-4-2-3-5-7-6/h3-4H,1-2H3,(H,8,10);2-5H,1H3. The summed E-state index contributed by atoms with van der Waals surface area (Å²) in [5.74, 6) is 0.494. The highest BCUT2D eigenvalue weighted by molar-refractivity contribution is 5.87. The number of hydrogen-bond acceptors (Lipinski definition) is 3. The topological polar surface area (TPSA) is 59.8 Å². The lowest BCUT2D eigenvalue weighted by molar-refractivity contribution is -0.114. The number of carbonyl (C=O) groups excluding carboxylic acids is 1. The first-order valence-electron chi connectivity index (χ1n) is 5.21. The van der Waals surface area contributed by atoms with Crippen LogP contribution < -0.4 is 5.32 Å². The maximum Gasteiger partial charge on any atom is 0.222 e. The lowest BCUT2D eigenvalue weighted by atomic mass is 10.4. The average molecular weight is 232 g/mol. The van der Waals surface area contributed by atoms with E-state index >= 15 is 0 Å². The molecule has 5 heteroatoms. The zero-order valence-electron chi connectivity index (χ0n) is 10.2. The summed E-state index contributed by atoms with van der Waals surface area (Å²) in [4.78, 5) is 18.3.